The number of halogens is 4. The molecule has 2 aromatic rings. The number of carbonyl (C=O) groups is 1. The number of benzene rings is 1. The van der Waals surface area contributed by atoms with Crippen LogP contribution in [0.1, 0.15) is 16.8 Å². The number of nitrogens with zero attached hydrogens (tertiary/aromatic N) is 1. The molecule has 2 rings (SSSR count). The Bertz CT molecular complexity index is 612. The van der Waals surface area contributed by atoms with E-state index in [1.54, 1.807) is 6.07 Å². The van der Waals surface area contributed by atoms with E-state index >= 15 is 0 Å². The van der Waals surface area contributed by atoms with Gasteiger partial charge in [0.15, 0.2) is 0 Å². The first-order valence-electron chi connectivity index (χ1n) is 4.88. The van der Waals surface area contributed by atoms with E-state index in [1.165, 1.54) is 12.1 Å². The van der Waals surface area contributed by atoms with Crippen LogP contribution < -0.4 is 0 Å². The Balaban J connectivity index is 2.79. The van der Waals surface area contributed by atoms with Gasteiger partial charge in [-0.15, -0.1) is 0 Å². The number of fused-ring (bicyclic) bond motifs is 1. The van der Waals surface area contributed by atoms with Crippen molar-refractivity contribution < 1.29 is 23.1 Å². The van der Waals surface area contributed by atoms with Gasteiger partial charge in [0.05, 0.1) is 5.52 Å². The predicted octanol–water partition coefficient (Wildman–Crippen LogP) is 3.84. The van der Waals surface area contributed by atoms with Gasteiger partial charge in [-0.3, -0.25) is 4.57 Å². The summed E-state index contributed by atoms with van der Waals surface area (Å²) in [4.78, 5) is 11.0. The molecule has 0 bridgehead atoms. The molecule has 96 valence electrons. The number of aromatic nitrogens is 1. The lowest BCUT2D eigenvalue weighted by Gasteiger charge is -2.13. The lowest BCUT2D eigenvalue weighted by atomic mass is 10.2. The Kier molecular flexibility index (Phi) is 3.34. The summed E-state index contributed by atoms with van der Waals surface area (Å²) in [6, 6.07) is 5.69. The Hall–Kier alpha value is -1.50. The summed E-state index contributed by atoms with van der Waals surface area (Å²) in [5.74, 6) is -1.46. The highest BCUT2D eigenvalue weighted by molar-refractivity contribution is 9.10. The topological polar surface area (TPSA) is 42.2 Å². The zero-order chi connectivity index (χ0) is 13.4. The number of carboxylic acid groups (broad SMARTS) is 1. The molecule has 0 spiro atoms. The van der Waals surface area contributed by atoms with Crippen LogP contribution in [0.15, 0.2) is 28.7 Å². The maximum Gasteiger partial charge on any atom is 0.352 e. The van der Waals surface area contributed by atoms with Crippen LogP contribution in [0.25, 0.3) is 10.9 Å². The molecule has 0 fully saturated rings. The van der Waals surface area contributed by atoms with E-state index < -0.39 is 24.4 Å². The van der Waals surface area contributed by atoms with E-state index in [2.05, 4.69) is 15.9 Å². The Morgan fingerprint density at radius 2 is 2.00 bits per heavy atom. The molecule has 7 heteroatoms. The molecule has 18 heavy (non-hydrogen) atoms. The lowest BCUT2D eigenvalue weighted by Crippen LogP contribution is -2.17. The molecule has 1 aromatic carbocycles. The third-order valence-electron chi connectivity index (χ3n) is 2.50. The molecule has 0 amide bonds. The fraction of sp³-hybridized carbons (Fsp3) is 0.182. The van der Waals surface area contributed by atoms with Gasteiger partial charge >= 0.3 is 5.97 Å². The van der Waals surface area contributed by atoms with Crippen molar-refractivity contribution in [1.82, 2.24) is 4.57 Å². The highest BCUT2D eigenvalue weighted by Crippen LogP contribution is 2.32. The second-order valence-corrected chi connectivity index (χ2v) is 4.44. The number of carboxylic acids is 1. The summed E-state index contributed by atoms with van der Waals surface area (Å²) in [5.41, 5.74) is -0.403. The van der Waals surface area contributed by atoms with Crippen molar-refractivity contribution in [3.8, 4) is 0 Å². The van der Waals surface area contributed by atoms with E-state index in [0.717, 1.165) is 6.07 Å². The van der Waals surface area contributed by atoms with Crippen molar-refractivity contribution in [1.29, 1.82) is 0 Å². The number of hydrogen-bond donors (Lipinski definition) is 1. The van der Waals surface area contributed by atoms with Crippen LogP contribution in [0.4, 0.5) is 13.2 Å². The Morgan fingerprint density at radius 3 is 2.56 bits per heavy atom. The predicted molar refractivity (Wildman–Crippen MR) is 62.7 cm³/mol. The second-order valence-electron chi connectivity index (χ2n) is 3.58. The summed E-state index contributed by atoms with van der Waals surface area (Å²) in [6.07, 6.45) is -5.99. The fourth-order valence-corrected chi connectivity index (χ4v) is 2.23. The van der Waals surface area contributed by atoms with E-state index in [-0.39, 0.29) is 5.52 Å². The lowest BCUT2D eigenvalue weighted by molar-refractivity contribution is 0.00827. The van der Waals surface area contributed by atoms with Gasteiger partial charge in [0.25, 0.3) is 6.43 Å². The molecule has 3 nitrogen and oxygen atoms in total. The second kappa shape index (κ2) is 4.64. The van der Waals surface area contributed by atoms with Gasteiger partial charge in [0, 0.05) is 9.86 Å². The maximum atomic E-state index is 13.5. The van der Waals surface area contributed by atoms with Crippen molar-refractivity contribution in [3.05, 3.63) is 34.4 Å². The Morgan fingerprint density at radius 1 is 1.33 bits per heavy atom. The standard InChI is InChI=1S/C11H7BrF3NO2/c12-6-2-1-3-7-5(6)4-8(11(17)18)16(7)10(15)9(13)14/h1-4,9-10H,(H,17,18). The smallest absolute Gasteiger partial charge is 0.352 e. The minimum atomic E-state index is -3.29. The fourth-order valence-electron chi connectivity index (χ4n) is 1.76. The summed E-state index contributed by atoms with van der Waals surface area (Å²) < 4.78 is 39.4. The largest absolute Gasteiger partial charge is 0.477 e. The minimum Gasteiger partial charge on any atom is -0.477 e. The summed E-state index contributed by atoms with van der Waals surface area (Å²) in [6.45, 7) is 0. The summed E-state index contributed by atoms with van der Waals surface area (Å²) in [5, 5.41) is 9.31. The van der Waals surface area contributed by atoms with Crippen molar-refractivity contribution in [2.75, 3.05) is 0 Å². The monoisotopic (exact) mass is 321 g/mol. The van der Waals surface area contributed by atoms with E-state index in [1.807, 2.05) is 0 Å². The average Bonchev–Trinajstić information content (AvgIpc) is 2.68. The number of alkyl halides is 3. The molecule has 0 saturated carbocycles. The summed E-state index contributed by atoms with van der Waals surface area (Å²) in [7, 11) is 0. The first-order valence-corrected chi connectivity index (χ1v) is 5.67. The first kappa shape index (κ1) is 12.9. The number of hydrogen-bond acceptors (Lipinski definition) is 1. The van der Waals surface area contributed by atoms with Gasteiger partial charge in [-0.1, -0.05) is 22.0 Å². The SMILES string of the molecule is O=C(O)c1cc2c(Br)cccc2n1C(F)C(F)F. The van der Waals surface area contributed by atoms with E-state index in [4.69, 9.17) is 5.11 Å². The molecule has 0 aliphatic rings. The van der Waals surface area contributed by atoms with Crippen LogP contribution in [0.2, 0.25) is 0 Å². The van der Waals surface area contributed by atoms with Crippen molar-refractivity contribution in [3.63, 3.8) is 0 Å². The summed E-state index contributed by atoms with van der Waals surface area (Å²) >= 11 is 3.16. The molecule has 0 saturated heterocycles. The molecule has 1 atom stereocenters. The molecule has 0 aliphatic carbocycles. The first-order chi connectivity index (χ1) is 8.43. The normalized spacial score (nSPS) is 13.2. The molecule has 1 heterocycles. The zero-order valence-corrected chi connectivity index (χ0v) is 10.4. The zero-order valence-electron chi connectivity index (χ0n) is 8.78. The van der Waals surface area contributed by atoms with Gasteiger partial charge in [-0.2, -0.15) is 0 Å². The van der Waals surface area contributed by atoms with Crippen molar-refractivity contribution >= 4 is 32.8 Å². The van der Waals surface area contributed by atoms with Gasteiger partial charge < -0.3 is 5.11 Å². The van der Waals surface area contributed by atoms with Crippen LogP contribution in [-0.2, 0) is 0 Å². The highest BCUT2D eigenvalue weighted by Gasteiger charge is 2.28. The average molecular weight is 322 g/mol. The van der Waals surface area contributed by atoms with Crippen LogP contribution >= 0.6 is 15.9 Å². The third kappa shape index (κ3) is 1.98. The molecular formula is C11H7BrF3NO2. The molecular weight excluding hydrogens is 315 g/mol. The molecule has 1 N–H and O–H groups in total. The molecule has 1 unspecified atom stereocenters. The van der Waals surface area contributed by atoms with Crippen LogP contribution in [0.5, 0.6) is 0 Å². The van der Waals surface area contributed by atoms with Crippen LogP contribution in [-0.4, -0.2) is 22.1 Å². The number of aromatic carboxylic acids is 1. The van der Waals surface area contributed by atoms with Gasteiger partial charge in [-0.25, -0.2) is 18.0 Å². The van der Waals surface area contributed by atoms with Gasteiger partial charge in [-0.05, 0) is 18.2 Å². The van der Waals surface area contributed by atoms with E-state index in [9.17, 15) is 18.0 Å². The van der Waals surface area contributed by atoms with Gasteiger partial charge in [0.2, 0.25) is 6.30 Å². The molecule has 1 aromatic heterocycles. The molecule has 0 aliphatic heterocycles. The van der Waals surface area contributed by atoms with Crippen LogP contribution in [0.3, 0.4) is 0 Å². The third-order valence-corrected chi connectivity index (χ3v) is 3.20. The Labute approximate surface area is 108 Å². The van der Waals surface area contributed by atoms with Crippen molar-refractivity contribution in [2.24, 2.45) is 0 Å². The quantitative estimate of drug-likeness (QED) is 0.933. The molecule has 0 radical (unpaired) electrons. The highest BCUT2D eigenvalue weighted by atomic mass is 79.9. The van der Waals surface area contributed by atoms with E-state index in [0.29, 0.717) is 14.4 Å². The number of rotatable bonds is 3. The van der Waals surface area contributed by atoms with Crippen molar-refractivity contribution in [2.45, 2.75) is 12.7 Å². The minimum absolute atomic E-state index is 0.106. The van der Waals surface area contributed by atoms with Gasteiger partial charge in [0.1, 0.15) is 5.69 Å². The van der Waals surface area contributed by atoms with Crippen LogP contribution in [0, 0.1) is 0 Å². The maximum absolute atomic E-state index is 13.5.